The number of hydrogen-bond donors (Lipinski definition) is 2. The van der Waals surface area contributed by atoms with Gasteiger partial charge in [0.25, 0.3) is 0 Å². The van der Waals surface area contributed by atoms with E-state index in [-0.39, 0.29) is 18.1 Å². The lowest BCUT2D eigenvalue weighted by Gasteiger charge is -2.29. The maximum absolute atomic E-state index is 12.0. The molecule has 1 aromatic rings. The van der Waals surface area contributed by atoms with Crippen molar-refractivity contribution in [2.75, 3.05) is 13.2 Å². The van der Waals surface area contributed by atoms with E-state index in [2.05, 4.69) is 23.6 Å². The van der Waals surface area contributed by atoms with Crippen molar-refractivity contribution in [3.05, 3.63) is 21.9 Å². The molecular formula is C12H18N2O2S. The van der Waals surface area contributed by atoms with Crippen molar-refractivity contribution in [1.82, 2.24) is 10.6 Å². The third kappa shape index (κ3) is 3.06. The van der Waals surface area contributed by atoms with Crippen molar-refractivity contribution in [1.29, 1.82) is 0 Å². The highest BCUT2D eigenvalue weighted by molar-refractivity contribution is 7.10. The van der Waals surface area contributed by atoms with E-state index in [1.165, 1.54) is 10.4 Å². The minimum atomic E-state index is -0.232. The van der Waals surface area contributed by atoms with Crippen molar-refractivity contribution in [3.63, 3.8) is 0 Å². The largest absolute Gasteiger partial charge is 0.375 e. The number of ether oxygens (including phenoxy) is 1. The fraction of sp³-hybridized carbons (Fsp3) is 0.583. The molecule has 1 amide bonds. The molecule has 2 atom stereocenters. The Bertz CT molecular complexity index is 392. The highest BCUT2D eigenvalue weighted by Gasteiger charge is 2.27. The minimum absolute atomic E-state index is 0.0185. The van der Waals surface area contributed by atoms with Crippen molar-refractivity contribution in [2.24, 2.45) is 0 Å². The lowest BCUT2D eigenvalue weighted by molar-refractivity contribution is -0.129. The van der Waals surface area contributed by atoms with Gasteiger partial charge in [-0.15, -0.1) is 11.3 Å². The zero-order chi connectivity index (χ0) is 12.3. The van der Waals surface area contributed by atoms with Crippen LogP contribution in [0.3, 0.4) is 0 Å². The summed E-state index contributed by atoms with van der Waals surface area (Å²) in [6.07, 6.45) is -0.0619. The molecule has 2 N–H and O–H groups in total. The Labute approximate surface area is 105 Å². The van der Waals surface area contributed by atoms with Crippen LogP contribution < -0.4 is 10.6 Å². The quantitative estimate of drug-likeness (QED) is 0.847. The molecule has 2 heterocycles. The van der Waals surface area contributed by atoms with E-state index in [4.69, 9.17) is 4.74 Å². The number of carbonyl (C=O) groups is 1. The number of hydrogen-bond acceptors (Lipinski definition) is 4. The van der Waals surface area contributed by atoms with Gasteiger partial charge in [0.1, 0.15) is 6.04 Å². The Hall–Kier alpha value is -0.910. The summed E-state index contributed by atoms with van der Waals surface area (Å²) in [7, 11) is 0. The first-order valence-electron chi connectivity index (χ1n) is 5.84. The van der Waals surface area contributed by atoms with Crippen LogP contribution in [0.4, 0.5) is 0 Å². The molecular weight excluding hydrogens is 236 g/mol. The van der Waals surface area contributed by atoms with Crippen LogP contribution in [0, 0.1) is 6.92 Å². The molecule has 0 spiro atoms. The predicted octanol–water partition coefficient (Wildman–Crippen LogP) is 1.05. The van der Waals surface area contributed by atoms with E-state index in [1.54, 1.807) is 11.3 Å². The lowest BCUT2D eigenvalue weighted by Crippen LogP contribution is -2.55. The van der Waals surface area contributed by atoms with E-state index < -0.39 is 0 Å². The number of thiophene rings is 1. The van der Waals surface area contributed by atoms with Gasteiger partial charge in [0.05, 0.1) is 19.3 Å². The zero-order valence-corrected chi connectivity index (χ0v) is 11.0. The van der Waals surface area contributed by atoms with Gasteiger partial charge in [-0.2, -0.15) is 0 Å². The number of amides is 1. The van der Waals surface area contributed by atoms with Gasteiger partial charge in [-0.05, 0) is 30.9 Å². The molecule has 0 aromatic carbocycles. The normalized spacial score (nSPS) is 24.6. The summed E-state index contributed by atoms with van der Waals surface area (Å²) in [5, 5.41) is 8.18. The standard InChI is InChI=1S/C12H18N2O2S/c1-8-3-6-17-10(8)7-14-12(15)11-9(2)16-5-4-13-11/h3,6,9,11,13H,4-5,7H2,1-2H3,(H,14,15)/t9-,11+/m1/s1. The molecule has 0 unspecified atom stereocenters. The summed E-state index contributed by atoms with van der Waals surface area (Å²) in [5.74, 6) is 0.0185. The molecule has 2 rings (SSSR count). The second-order valence-corrected chi connectivity index (χ2v) is 5.25. The Morgan fingerprint density at radius 2 is 2.53 bits per heavy atom. The third-order valence-electron chi connectivity index (χ3n) is 2.99. The molecule has 0 radical (unpaired) electrons. The van der Waals surface area contributed by atoms with Gasteiger partial charge in [-0.3, -0.25) is 4.79 Å². The first-order chi connectivity index (χ1) is 8.18. The van der Waals surface area contributed by atoms with Crippen LogP contribution in [-0.4, -0.2) is 31.2 Å². The van der Waals surface area contributed by atoms with Crippen LogP contribution in [0.15, 0.2) is 11.4 Å². The van der Waals surface area contributed by atoms with E-state index in [0.29, 0.717) is 13.2 Å². The first kappa shape index (κ1) is 12.5. The van der Waals surface area contributed by atoms with Gasteiger partial charge in [0.15, 0.2) is 0 Å². The van der Waals surface area contributed by atoms with Crippen molar-refractivity contribution < 1.29 is 9.53 Å². The highest BCUT2D eigenvalue weighted by atomic mass is 32.1. The topological polar surface area (TPSA) is 50.4 Å². The second kappa shape index (κ2) is 5.62. The van der Waals surface area contributed by atoms with Crippen molar-refractivity contribution in [3.8, 4) is 0 Å². The Morgan fingerprint density at radius 3 is 3.18 bits per heavy atom. The summed E-state index contributed by atoms with van der Waals surface area (Å²) < 4.78 is 5.45. The van der Waals surface area contributed by atoms with Crippen LogP contribution in [0.1, 0.15) is 17.4 Å². The smallest absolute Gasteiger partial charge is 0.240 e. The average Bonchev–Trinajstić information content (AvgIpc) is 2.72. The van der Waals surface area contributed by atoms with E-state index in [0.717, 1.165) is 6.54 Å². The molecule has 5 heteroatoms. The number of rotatable bonds is 3. The SMILES string of the molecule is Cc1ccsc1CNC(=O)[C@H]1NCCO[C@@H]1C. The van der Waals surface area contributed by atoms with E-state index in [9.17, 15) is 4.79 Å². The van der Waals surface area contributed by atoms with Gasteiger partial charge in [-0.25, -0.2) is 0 Å². The first-order valence-corrected chi connectivity index (χ1v) is 6.72. The van der Waals surface area contributed by atoms with Crippen LogP contribution in [-0.2, 0) is 16.1 Å². The second-order valence-electron chi connectivity index (χ2n) is 4.25. The molecule has 1 aromatic heterocycles. The van der Waals surface area contributed by atoms with Crippen molar-refractivity contribution >= 4 is 17.2 Å². The molecule has 0 saturated carbocycles. The van der Waals surface area contributed by atoms with Gasteiger partial charge in [-0.1, -0.05) is 0 Å². The molecule has 1 aliphatic heterocycles. The van der Waals surface area contributed by atoms with Gasteiger partial charge >= 0.3 is 0 Å². The summed E-state index contributed by atoms with van der Waals surface area (Å²) in [6.45, 7) is 6.00. The fourth-order valence-corrected chi connectivity index (χ4v) is 2.74. The van der Waals surface area contributed by atoms with Crippen LogP contribution in [0.5, 0.6) is 0 Å². The van der Waals surface area contributed by atoms with Gasteiger partial charge < -0.3 is 15.4 Å². The molecule has 0 bridgehead atoms. The van der Waals surface area contributed by atoms with E-state index in [1.807, 2.05) is 12.3 Å². The summed E-state index contributed by atoms with van der Waals surface area (Å²) in [5.41, 5.74) is 1.23. The zero-order valence-electron chi connectivity index (χ0n) is 10.2. The molecule has 94 valence electrons. The van der Waals surface area contributed by atoms with Crippen molar-refractivity contribution in [2.45, 2.75) is 32.5 Å². The summed E-state index contributed by atoms with van der Waals surface area (Å²) >= 11 is 1.67. The van der Waals surface area contributed by atoms with Crippen LogP contribution >= 0.6 is 11.3 Å². The Kier molecular flexibility index (Phi) is 4.15. The average molecular weight is 254 g/mol. The maximum Gasteiger partial charge on any atom is 0.240 e. The summed E-state index contributed by atoms with van der Waals surface area (Å²) in [6, 6.07) is 1.83. The number of carbonyl (C=O) groups excluding carboxylic acids is 1. The number of morpholine rings is 1. The predicted molar refractivity (Wildman–Crippen MR) is 68.1 cm³/mol. The number of nitrogens with one attached hydrogen (secondary N) is 2. The van der Waals surface area contributed by atoms with E-state index >= 15 is 0 Å². The van der Waals surface area contributed by atoms with Gasteiger partial charge in [0, 0.05) is 11.4 Å². The van der Waals surface area contributed by atoms with Crippen LogP contribution in [0.2, 0.25) is 0 Å². The maximum atomic E-state index is 12.0. The summed E-state index contributed by atoms with van der Waals surface area (Å²) in [4.78, 5) is 13.2. The highest BCUT2D eigenvalue weighted by Crippen LogP contribution is 2.15. The Morgan fingerprint density at radius 1 is 1.71 bits per heavy atom. The molecule has 1 saturated heterocycles. The third-order valence-corrected chi connectivity index (χ3v) is 4.01. The molecule has 0 aliphatic carbocycles. The number of aryl methyl sites for hydroxylation is 1. The Balaban J connectivity index is 1.86. The molecule has 1 aliphatic rings. The molecule has 1 fully saturated rings. The molecule has 4 nitrogen and oxygen atoms in total. The lowest BCUT2D eigenvalue weighted by atomic mass is 10.1. The van der Waals surface area contributed by atoms with Crippen LogP contribution in [0.25, 0.3) is 0 Å². The minimum Gasteiger partial charge on any atom is -0.375 e. The molecule has 17 heavy (non-hydrogen) atoms. The monoisotopic (exact) mass is 254 g/mol. The van der Waals surface area contributed by atoms with Gasteiger partial charge in [0.2, 0.25) is 5.91 Å². The fourth-order valence-electron chi connectivity index (χ4n) is 1.89.